The molecule has 1 aliphatic heterocycles. The van der Waals surface area contributed by atoms with E-state index in [4.69, 9.17) is 0 Å². The van der Waals surface area contributed by atoms with Crippen LogP contribution in [0.15, 0.2) is 41.3 Å². The van der Waals surface area contributed by atoms with Crippen LogP contribution in [0.4, 0.5) is 0 Å². The molecule has 1 aromatic carbocycles. The third-order valence-electron chi connectivity index (χ3n) is 5.66. The van der Waals surface area contributed by atoms with Gasteiger partial charge in [0.2, 0.25) is 10.0 Å². The number of hydrogen-bond acceptors (Lipinski definition) is 5. The summed E-state index contributed by atoms with van der Waals surface area (Å²) in [4.78, 5) is 0.279. The van der Waals surface area contributed by atoms with Crippen molar-refractivity contribution in [1.82, 2.24) is 24.3 Å². The Kier molecular flexibility index (Phi) is 5.46. The van der Waals surface area contributed by atoms with Crippen LogP contribution in [0, 0.1) is 26.7 Å². The number of piperidine rings is 1. The number of rotatable bonds is 4. The Morgan fingerprint density at radius 1 is 1.00 bits per heavy atom. The van der Waals surface area contributed by atoms with E-state index in [1.165, 1.54) is 5.56 Å². The van der Waals surface area contributed by atoms with Crippen molar-refractivity contribution in [1.29, 1.82) is 0 Å². The van der Waals surface area contributed by atoms with Crippen LogP contribution in [0.25, 0.3) is 17.1 Å². The highest BCUT2D eigenvalue weighted by Gasteiger charge is 2.33. The Morgan fingerprint density at radius 2 is 1.73 bits per heavy atom. The van der Waals surface area contributed by atoms with Crippen molar-refractivity contribution in [3.05, 3.63) is 53.3 Å². The molecule has 1 saturated heterocycles. The summed E-state index contributed by atoms with van der Waals surface area (Å²) >= 11 is 0. The van der Waals surface area contributed by atoms with Crippen molar-refractivity contribution >= 4 is 10.0 Å². The predicted octanol–water partition coefficient (Wildman–Crippen LogP) is 3.68. The maximum Gasteiger partial charge on any atom is 0.246 e. The van der Waals surface area contributed by atoms with Crippen molar-refractivity contribution < 1.29 is 8.42 Å². The fraction of sp³-hybridized carbons (Fsp3) is 0.409. The molecule has 3 heterocycles. The van der Waals surface area contributed by atoms with Crippen molar-refractivity contribution in [2.24, 2.45) is 5.92 Å². The maximum absolute atomic E-state index is 13.3. The van der Waals surface area contributed by atoms with Crippen LogP contribution in [-0.4, -0.2) is 45.8 Å². The van der Waals surface area contributed by atoms with Crippen molar-refractivity contribution in [3.8, 4) is 17.1 Å². The fourth-order valence-electron chi connectivity index (χ4n) is 4.03. The molecular formula is C22H27N5O2S. The van der Waals surface area contributed by atoms with Gasteiger partial charge in [-0.05, 0) is 51.7 Å². The van der Waals surface area contributed by atoms with Gasteiger partial charge in [0, 0.05) is 18.7 Å². The van der Waals surface area contributed by atoms with Crippen LogP contribution >= 0.6 is 0 Å². The summed E-state index contributed by atoms with van der Waals surface area (Å²) in [5.74, 6) is 0.865. The molecule has 4 rings (SSSR count). The number of benzene rings is 1. The first-order chi connectivity index (χ1) is 14.3. The van der Waals surface area contributed by atoms with Gasteiger partial charge >= 0.3 is 0 Å². The molecule has 0 bridgehead atoms. The van der Waals surface area contributed by atoms with Gasteiger partial charge in [-0.1, -0.05) is 36.8 Å². The van der Waals surface area contributed by atoms with Gasteiger partial charge in [0.05, 0.1) is 17.1 Å². The topological polar surface area (TPSA) is 81.0 Å². The molecule has 0 saturated carbocycles. The zero-order valence-corrected chi connectivity index (χ0v) is 18.6. The molecule has 0 unspecified atom stereocenters. The van der Waals surface area contributed by atoms with E-state index >= 15 is 0 Å². The molecule has 30 heavy (non-hydrogen) atoms. The normalized spacial score (nSPS) is 17.9. The molecule has 0 radical (unpaired) electrons. The summed E-state index contributed by atoms with van der Waals surface area (Å²) < 4.78 is 29.8. The molecule has 0 amide bonds. The second kappa shape index (κ2) is 7.92. The van der Waals surface area contributed by atoms with E-state index in [-0.39, 0.29) is 4.90 Å². The van der Waals surface area contributed by atoms with Crippen LogP contribution in [0.3, 0.4) is 0 Å². The van der Waals surface area contributed by atoms with Gasteiger partial charge in [0.1, 0.15) is 4.90 Å². The van der Waals surface area contributed by atoms with Crippen molar-refractivity contribution in [3.63, 3.8) is 0 Å². The number of aryl methyl sites for hydroxylation is 2. The Labute approximate surface area is 177 Å². The summed E-state index contributed by atoms with van der Waals surface area (Å²) in [5.41, 5.74) is 3.96. The molecule has 0 aliphatic carbocycles. The summed E-state index contributed by atoms with van der Waals surface area (Å²) in [5, 5.41) is 13.1. The van der Waals surface area contributed by atoms with Crippen molar-refractivity contribution in [2.45, 2.75) is 45.4 Å². The molecule has 1 atom stereocenters. The Balaban J connectivity index is 1.67. The molecule has 0 N–H and O–H groups in total. The number of sulfonamides is 1. The van der Waals surface area contributed by atoms with Gasteiger partial charge < -0.3 is 0 Å². The molecule has 1 fully saturated rings. The lowest BCUT2D eigenvalue weighted by molar-refractivity contribution is 0.281. The molecule has 3 aromatic rings. The largest absolute Gasteiger partial charge is 0.246 e. The molecule has 1 aliphatic rings. The minimum atomic E-state index is -3.60. The van der Waals surface area contributed by atoms with Gasteiger partial charge in [-0.15, -0.1) is 10.2 Å². The Bertz CT molecular complexity index is 1150. The molecule has 8 heteroatoms. The average molecular weight is 426 g/mol. The van der Waals surface area contributed by atoms with Gasteiger partial charge in [0.15, 0.2) is 5.82 Å². The summed E-state index contributed by atoms with van der Waals surface area (Å²) in [6.45, 7) is 8.75. The van der Waals surface area contributed by atoms with E-state index in [0.717, 1.165) is 24.1 Å². The van der Waals surface area contributed by atoms with Gasteiger partial charge in [-0.2, -0.15) is 9.40 Å². The summed E-state index contributed by atoms with van der Waals surface area (Å²) in [6.07, 6.45) is 1.95. The predicted molar refractivity (Wildman–Crippen MR) is 116 cm³/mol. The number of hydrogen-bond donors (Lipinski definition) is 0. The first kappa shape index (κ1) is 20.7. The highest BCUT2D eigenvalue weighted by atomic mass is 32.2. The SMILES string of the molecule is Cc1ccc(-c2ccc(-n3nc(C)c(S(=O)(=O)N4CCC[C@@H](C)C4)c3C)nn2)cc1. The average Bonchev–Trinajstić information content (AvgIpc) is 3.03. The smallest absolute Gasteiger partial charge is 0.216 e. The van der Waals surface area contributed by atoms with E-state index in [2.05, 4.69) is 22.2 Å². The van der Waals surface area contributed by atoms with Crippen molar-refractivity contribution in [2.75, 3.05) is 13.1 Å². The zero-order chi connectivity index (χ0) is 21.5. The lowest BCUT2D eigenvalue weighted by Crippen LogP contribution is -2.39. The first-order valence-corrected chi connectivity index (χ1v) is 11.7. The van der Waals surface area contributed by atoms with E-state index in [9.17, 15) is 8.42 Å². The lowest BCUT2D eigenvalue weighted by atomic mass is 10.0. The Hall–Kier alpha value is -2.58. The second-order valence-electron chi connectivity index (χ2n) is 8.16. The number of aromatic nitrogens is 4. The quantitative estimate of drug-likeness (QED) is 0.637. The Morgan fingerprint density at radius 3 is 2.37 bits per heavy atom. The fourth-order valence-corrected chi connectivity index (χ4v) is 5.99. The first-order valence-electron chi connectivity index (χ1n) is 10.2. The highest BCUT2D eigenvalue weighted by molar-refractivity contribution is 7.89. The second-order valence-corrected chi connectivity index (χ2v) is 10.0. The van der Waals surface area contributed by atoms with E-state index in [0.29, 0.717) is 36.2 Å². The highest BCUT2D eigenvalue weighted by Crippen LogP contribution is 2.29. The van der Waals surface area contributed by atoms with Gasteiger partial charge in [-0.25, -0.2) is 13.1 Å². The molecule has 0 spiro atoms. The van der Waals surface area contributed by atoms with Gasteiger partial charge in [-0.3, -0.25) is 0 Å². The zero-order valence-electron chi connectivity index (χ0n) is 17.8. The molecule has 7 nitrogen and oxygen atoms in total. The van der Waals surface area contributed by atoms with E-state index in [1.807, 2.05) is 43.3 Å². The van der Waals surface area contributed by atoms with Crippen LogP contribution in [0.1, 0.15) is 36.7 Å². The minimum Gasteiger partial charge on any atom is -0.216 e. The van der Waals surface area contributed by atoms with Crippen LogP contribution in [-0.2, 0) is 10.0 Å². The van der Waals surface area contributed by atoms with Gasteiger partial charge in [0.25, 0.3) is 0 Å². The number of nitrogens with zero attached hydrogens (tertiary/aromatic N) is 5. The van der Waals surface area contributed by atoms with Crippen LogP contribution < -0.4 is 0 Å². The molecule has 158 valence electrons. The third kappa shape index (κ3) is 3.77. The van der Waals surface area contributed by atoms with E-state index < -0.39 is 10.0 Å². The minimum absolute atomic E-state index is 0.279. The van der Waals surface area contributed by atoms with E-state index in [1.54, 1.807) is 22.8 Å². The molecular weight excluding hydrogens is 398 g/mol. The van der Waals surface area contributed by atoms with Crippen LogP contribution in [0.2, 0.25) is 0 Å². The maximum atomic E-state index is 13.3. The monoisotopic (exact) mass is 425 g/mol. The van der Waals surface area contributed by atoms with Crippen LogP contribution in [0.5, 0.6) is 0 Å². The summed E-state index contributed by atoms with van der Waals surface area (Å²) in [7, 11) is -3.60. The molecule has 2 aromatic heterocycles. The third-order valence-corrected chi connectivity index (χ3v) is 7.78. The lowest BCUT2D eigenvalue weighted by Gasteiger charge is -2.30. The standard InChI is InChI=1S/C22H27N5O2S/c1-15-7-9-19(10-8-15)20-11-12-21(24-23-20)27-18(4)22(17(3)25-27)30(28,29)26-13-5-6-16(2)14-26/h7-12,16H,5-6,13-14H2,1-4H3/t16-/m1/s1. The summed E-state index contributed by atoms with van der Waals surface area (Å²) in [6, 6.07) is 11.8.